The lowest BCUT2D eigenvalue weighted by atomic mass is 9.83. The Morgan fingerprint density at radius 2 is 2.15 bits per heavy atom. The smallest absolute Gasteiger partial charge is 0.257 e. The number of rotatable bonds is 7. The van der Waals surface area contributed by atoms with E-state index in [1.54, 1.807) is 10.9 Å². The molecule has 7 nitrogen and oxygen atoms in total. The fourth-order valence-corrected chi connectivity index (χ4v) is 3.84. The Morgan fingerprint density at radius 3 is 2.85 bits per heavy atom. The molecule has 1 unspecified atom stereocenters. The summed E-state index contributed by atoms with van der Waals surface area (Å²) < 4.78 is 19.3. The topological polar surface area (TPSA) is 65.8 Å². The molecule has 0 saturated carbocycles. The summed E-state index contributed by atoms with van der Waals surface area (Å²) >= 11 is 0. The average Bonchev–Trinajstić information content (AvgIpc) is 3.15. The van der Waals surface area contributed by atoms with E-state index in [4.69, 9.17) is 14.2 Å². The van der Waals surface area contributed by atoms with Crippen LogP contribution in [0.2, 0.25) is 0 Å². The van der Waals surface area contributed by atoms with E-state index in [0.717, 1.165) is 58.5 Å². The number of nitrogens with zero attached hydrogens (tertiary/aromatic N) is 3. The molecule has 2 aliphatic heterocycles. The van der Waals surface area contributed by atoms with Crippen LogP contribution >= 0.6 is 0 Å². The lowest BCUT2D eigenvalue weighted by Gasteiger charge is -2.46. The number of carbonyl (C=O) groups excluding carboxylic acids is 1. The van der Waals surface area contributed by atoms with Crippen LogP contribution in [0, 0.1) is 0 Å². The number of carbonyl (C=O) groups is 1. The van der Waals surface area contributed by atoms with E-state index in [2.05, 4.69) is 5.10 Å². The summed E-state index contributed by atoms with van der Waals surface area (Å²) in [6, 6.07) is 0. The first-order valence-corrected chi connectivity index (χ1v) is 9.81. The van der Waals surface area contributed by atoms with Crippen molar-refractivity contribution in [3.05, 3.63) is 18.0 Å². The van der Waals surface area contributed by atoms with E-state index < -0.39 is 0 Å². The van der Waals surface area contributed by atoms with Crippen molar-refractivity contribution in [2.24, 2.45) is 0 Å². The number of ether oxygens (including phenoxy) is 3. The molecule has 0 bridgehead atoms. The van der Waals surface area contributed by atoms with Crippen molar-refractivity contribution in [1.29, 1.82) is 0 Å². The zero-order valence-electron chi connectivity index (χ0n) is 16.0. The summed E-state index contributed by atoms with van der Waals surface area (Å²) in [5.74, 6) is 0.0693. The van der Waals surface area contributed by atoms with Gasteiger partial charge in [-0.05, 0) is 33.1 Å². The molecule has 3 heterocycles. The van der Waals surface area contributed by atoms with Crippen LogP contribution in [0.15, 0.2) is 12.4 Å². The molecule has 2 aliphatic rings. The lowest BCUT2D eigenvalue weighted by Crippen LogP contribution is -2.52. The highest BCUT2D eigenvalue weighted by Gasteiger charge is 2.41. The van der Waals surface area contributed by atoms with Crippen LogP contribution in [0.5, 0.6) is 0 Å². The van der Waals surface area contributed by atoms with E-state index in [1.165, 1.54) is 0 Å². The molecule has 0 aromatic carbocycles. The number of aryl methyl sites for hydroxylation is 1. The molecule has 0 radical (unpaired) electrons. The monoisotopic (exact) mass is 365 g/mol. The highest BCUT2D eigenvalue weighted by atomic mass is 16.5. The van der Waals surface area contributed by atoms with Crippen molar-refractivity contribution >= 4 is 5.91 Å². The predicted octanol–water partition coefficient (Wildman–Crippen LogP) is 2.11. The van der Waals surface area contributed by atoms with Crippen LogP contribution in [-0.2, 0) is 20.8 Å². The van der Waals surface area contributed by atoms with Crippen LogP contribution in [0.25, 0.3) is 0 Å². The normalized spacial score (nSPS) is 22.7. The Labute approximate surface area is 155 Å². The first kappa shape index (κ1) is 19.3. The molecule has 0 N–H and O–H groups in total. The summed E-state index contributed by atoms with van der Waals surface area (Å²) in [5.41, 5.74) is 0.531. The van der Waals surface area contributed by atoms with E-state index in [1.807, 2.05) is 24.9 Å². The molecule has 1 amide bonds. The standard InChI is InChI=1S/C19H31N3O4/c1-3-22-15-16(14-20-22)18(23)21-8-6-19(7-9-21)13-17(5-10-26-19)25-12-11-24-4-2/h14-15,17H,3-13H2,1-2H3. The Morgan fingerprint density at radius 1 is 1.35 bits per heavy atom. The molecule has 1 spiro atoms. The number of amides is 1. The van der Waals surface area contributed by atoms with Gasteiger partial charge in [-0.3, -0.25) is 9.48 Å². The number of aromatic nitrogens is 2. The highest BCUT2D eigenvalue weighted by molar-refractivity contribution is 5.93. The Kier molecular flexibility index (Phi) is 6.67. The van der Waals surface area contributed by atoms with Gasteiger partial charge in [0.2, 0.25) is 0 Å². The third kappa shape index (κ3) is 4.64. The summed E-state index contributed by atoms with van der Waals surface area (Å²) in [6.45, 7) is 8.97. The van der Waals surface area contributed by atoms with Gasteiger partial charge in [0.1, 0.15) is 0 Å². The minimum absolute atomic E-state index is 0.0693. The minimum atomic E-state index is -0.140. The molecule has 1 atom stereocenters. The molecule has 1 aromatic heterocycles. The summed E-state index contributed by atoms with van der Waals surface area (Å²) in [6.07, 6.45) is 7.30. The van der Waals surface area contributed by atoms with Gasteiger partial charge in [0, 0.05) is 45.5 Å². The van der Waals surface area contributed by atoms with Gasteiger partial charge in [-0.1, -0.05) is 0 Å². The second-order valence-corrected chi connectivity index (χ2v) is 7.09. The second-order valence-electron chi connectivity index (χ2n) is 7.09. The van der Waals surface area contributed by atoms with E-state index in [0.29, 0.717) is 18.8 Å². The van der Waals surface area contributed by atoms with Gasteiger partial charge in [0.25, 0.3) is 5.91 Å². The SMILES string of the molecule is CCOCCOC1CCOC2(CCN(C(=O)c3cnn(CC)c3)CC2)C1. The summed E-state index contributed by atoms with van der Waals surface area (Å²) in [4.78, 5) is 14.6. The summed E-state index contributed by atoms with van der Waals surface area (Å²) in [7, 11) is 0. The molecule has 26 heavy (non-hydrogen) atoms. The van der Waals surface area contributed by atoms with Gasteiger partial charge >= 0.3 is 0 Å². The predicted molar refractivity (Wildman–Crippen MR) is 97.2 cm³/mol. The Hall–Kier alpha value is -1.44. The molecule has 2 fully saturated rings. The van der Waals surface area contributed by atoms with Crippen LogP contribution in [0.4, 0.5) is 0 Å². The number of piperidine rings is 1. The van der Waals surface area contributed by atoms with Crippen LogP contribution < -0.4 is 0 Å². The Balaban J connectivity index is 1.49. The zero-order valence-corrected chi connectivity index (χ0v) is 16.0. The molecular formula is C19H31N3O4. The van der Waals surface area contributed by atoms with Crippen LogP contribution in [0.1, 0.15) is 49.9 Å². The fraction of sp³-hybridized carbons (Fsp3) is 0.789. The second kappa shape index (κ2) is 8.97. The lowest BCUT2D eigenvalue weighted by molar-refractivity contribution is -0.155. The van der Waals surface area contributed by atoms with Crippen LogP contribution in [0.3, 0.4) is 0 Å². The van der Waals surface area contributed by atoms with E-state index >= 15 is 0 Å². The van der Waals surface area contributed by atoms with Crippen molar-refractivity contribution in [2.45, 2.75) is 57.8 Å². The molecule has 3 rings (SSSR count). The highest BCUT2D eigenvalue weighted by Crippen LogP contribution is 2.36. The van der Waals surface area contributed by atoms with Crippen molar-refractivity contribution in [1.82, 2.24) is 14.7 Å². The molecule has 146 valence electrons. The van der Waals surface area contributed by atoms with Crippen molar-refractivity contribution in [3.63, 3.8) is 0 Å². The van der Waals surface area contributed by atoms with E-state index in [9.17, 15) is 4.79 Å². The molecular weight excluding hydrogens is 334 g/mol. The maximum atomic E-state index is 12.7. The zero-order chi connectivity index (χ0) is 18.4. The van der Waals surface area contributed by atoms with Gasteiger partial charge in [0.05, 0.1) is 36.7 Å². The maximum Gasteiger partial charge on any atom is 0.257 e. The summed E-state index contributed by atoms with van der Waals surface area (Å²) in [5, 5.41) is 4.20. The third-order valence-electron chi connectivity index (χ3n) is 5.40. The Bertz CT molecular complexity index is 581. The van der Waals surface area contributed by atoms with Crippen molar-refractivity contribution in [2.75, 3.05) is 39.5 Å². The number of hydrogen-bond donors (Lipinski definition) is 0. The van der Waals surface area contributed by atoms with Crippen molar-refractivity contribution < 1.29 is 19.0 Å². The van der Waals surface area contributed by atoms with Gasteiger partial charge < -0.3 is 19.1 Å². The number of hydrogen-bond acceptors (Lipinski definition) is 5. The van der Waals surface area contributed by atoms with E-state index in [-0.39, 0.29) is 17.6 Å². The molecule has 2 saturated heterocycles. The van der Waals surface area contributed by atoms with Crippen LogP contribution in [-0.4, -0.2) is 71.8 Å². The minimum Gasteiger partial charge on any atom is -0.379 e. The first-order chi connectivity index (χ1) is 12.7. The largest absolute Gasteiger partial charge is 0.379 e. The van der Waals surface area contributed by atoms with Gasteiger partial charge in [-0.25, -0.2) is 0 Å². The van der Waals surface area contributed by atoms with Crippen molar-refractivity contribution in [3.8, 4) is 0 Å². The quantitative estimate of drug-likeness (QED) is 0.693. The fourth-order valence-electron chi connectivity index (χ4n) is 3.84. The van der Waals surface area contributed by atoms with Gasteiger partial charge in [0.15, 0.2) is 0 Å². The first-order valence-electron chi connectivity index (χ1n) is 9.81. The third-order valence-corrected chi connectivity index (χ3v) is 5.40. The molecule has 1 aromatic rings. The van der Waals surface area contributed by atoms with Gasteiger partial charge in [-0.15, -0.1) is 0 Å². The molecule has 7 heteroatoms. The molecule has 0 aliphatic carbocycles. The average molecular weight is 365 g/mol. The van der Waals surface area contributed by atoms with Gasteiger partial charge in [-0.2, -0.15) is 5.10 Å². The number of likely N-dealkylation sites (tertiary alicyclic amines) is 1. The maximum absolute atomic E-state index is 12.7.